The zero-order chi connectivity index (χ0) is 19.0. The van der Waals surface area contributed by atoms with Crippen molar-refractivity contribution in [3.63, 3.8) is 0 Å². The van der Waals surface area contributed by atoms with Gasteiger partial charge in [0.25, 0.3) is 0 Å². The molecule has 2 heterocycles. The molecule has 0 saturated heterocycles. The van der Waals surface area contributed by atoms with Crippen LogP contribution in [0.2, 0.25) is 0 Å². The van der Waals surface area contributed by atoms with Crippen molar-refractivity contribution in [1.29, 1.82) is 0 Å². The highest BCUT2D eigenvalue weighted by atomic mass is 16.3. The molecule has 0 aliphatic carbocycles. The Hall–Kier alpha value is -3.44. The zero-order valence-corrected chi connectivity index (χ0v) is 14.7. The maximum absolute atomic E-state index is 11.8. The summed E-state index contributed by atoms with van der Waals surface area (Å²) in [5.41, 5.74) is 3.55. The molecule has 134 valence electrons. The minimum atomic E-state index is -0.858. The Bertz CT molecular complexity index is 1190. The summed E-state index contributed by atoms with van der Waals surface area (Å²) in [5, 5.41) is 21.0. The Morgan fingerprint density at radius 2 is 1.85 bits per heavy atom. The Morgan fingerprint density at radius 1 is 1.04 bits per heavy atom. The number of nitrogens with zero attached hydrogens (tertiary/aromatic N) is 2. The van der Waals surface area contributed by atoms with Crippen LogP contribution in [-0.2, 0) is 0 Å². The molecule has 4 aromatic rings. The van der Waals surface area contributed by atoms with E-state index in [4.69, 9.17) is 0 Å². The first-order chi connectivity index (χ1) is 13.0. The van der Waals surface area contributed by atoms with Crippen LogP contribution in [0.5, 0.6) is 5.75 Å². The highest BCUT2D eigenvalue weighted by Crippen LogP contribution is 2.29. The molecular weight excluding hydrogens is 340 g/mol. The number of fused-ring (bicyclic) bond motifs is 1. The van der Waals surface area contributed by atoms with Gasteiger partial charge in [-0.25, -0.2) is 0 Å². The second kappa shape index (κ2) is 6.70. The molecule has 0 radical (unpaired) electrons. The number of para-hydroxylation sites is 1. The lowest BCUT2D eigenvalue weighted by Crippen LogP contribution is -2.13. The molecule has 0 spiro atoms. The normalized spacial score (nSPS) is 12.2. The van der Waals surface area contributed by atoms with Gasteiger partial charge in [-0.05, 0) is 42.3 Å². The Balaban J connectivity index is 1.92. The topological polar surface area (TPSA) is 75.3 Å². The Morgan fingerprint density at radius 3 is 2.67 bits per heavy atom. The van der Waals surface area contributed by atoms with E-state index in [1.165, 1.54) is 12.3 Å². The van der Waals surface area contributed by atoms with Crippen LogP contribution in [0.1, 0.15) is 18.7 Å². The largest absolute Gasteiger partial charge is 0.503 e. The van der Waals surface area contributed by atoms with Crippen LogP contribution in [0.4, 0.5) is 0 Å². The van der Waals surface area contributed by atoms with Crippen LogP contribution in [0, 0.1) is 0 Å². The van der Waals surface area contributed by atoms with E-state index in [0.29, 0.717) is 5.69 Å². The predicted octanol–water partition coefficient (Wildman–Crippen LogP) is 3.81. The quantitative estimate of drug-likeness (QED) is 0.584. The Labute approximate surface area is 155 Å². The van der Waals surface area contributed by atoms with Gasteiger partial charge in [0, 0.05) is 23.3 Å². The molecular formula is C22H18N2O3. The summed E-state index contributed by atoms with van der Waals surface area (Å²) in [5.74, 6) is -0.362. The smallest absolute Gasteiger partial charge is 0.223 e. The van der Waals surface area contributed by atoms with Gasteiger partial charge in [-0.1, -0.05) is 30.3 Å². The maximum Gasteiger partial charge on any atom is 0.223 e. The van der Waals surface area contributed by atoms with Gasteiger partial charge in [0.2, 0.25) is 5.43 Å². The molecule has 1 atom stereocenters. The molecule has 4 rings (SSSR count). The van der Waals surface area contributed by atoms with E-state index >= 15 is 0 Å². The van der Waals surface area contributed by atoms with E-state index in [0.717, 1.165) is 27.7 Å². The van der Waals surface area contributed by atoms with E-state index in [1.54, 1.807) is 17.7 Å². The number of aromatic hydroxyl groups is 1. The molecule has 0 aliphatic rings. The lowest BCUT2D eigenvalue weighted by atomic mass is 10.0. The van der Waals surface area contributed by atoms with Crippen LogP contribution >= 0.6 is 0 Å². The van der Waals surface area contributed by atoms with Gasteiger partial charge < -0.3 is 14.8 Å². The van der Waals surface area contributed by atoms with Crippen molar-refractivity contribution in [3.8, 4) is 22.6 Å². The fourth-order valence-corrected chi connectivity index (χ4v) is 3.25. The standard InChI is InChI=1S/C22H18N2O3/c1-14(25)20-12-21(26)22(27)13-24(20)16-6-4-5-15(11-16)17-9-10-23-19-8-3-2-7-18(17)19/h2-14,25,27H,1H3. The maximum atomic E-state index is 11.8. The van der Waals surface area contributed by atoms with E-state index in [1.807, 2.05) is 54.6 Å². The van der Waals surface area contributed by atoms with Crippen LogP contribution in [0.3, 0.4) is 0 Å². The summed E-state index contributed by atoms with van der Waals surface area (Å²) in [6.45, 7) is 1.59. The van der Waals surface area contributed by atoms with E-state index in [2.05, 4.69) is 4.98 Å². The molecule has 0 amide bonds. The number of hydrogen-bond acceptors (Lipinski definition) is 4. The average Bonchev–Trinajstić information content (AvgIpc) is 2.69. The molecule has 27 heavy (non-hydrogen) atoms. The first-order valence-corrected chi connectivity index (χ1v) is 8.63. The average molecular weight is 358 g/mol. The van der Waals surface area contributed by atoms with Crippen molar-refractivity contribution in [2.45, 2.75) is 13.0 Å². The predicted molar refractivity (Wildman–Crippen MR) is 105 cm³/mol. The van der Waals surface area contributed by atoms with E-state index < -0.39 is 11.5 Å². The summed E-state index contributed by atoms with van der Waals surface area (Å²) >= 11 is 0. The molecule has 0 fully saturated rings. The number of aliphatic hydroxyl groups is 1. The first kappa shape index (κ1) is 17.0. The number of benzene rings is 2. The van der Waals surface area contributed by atoms with Gasteiger partial charge in [0.05, 0.1) is 23.5 Å². The van der Waals surface area contributed by atoms with Crippen molar-refractivity contribution in [2.75, 3.05) is 0 Å². The zero-order valence-electron chi connectivity index (χ0n) is 14.7. The molecule has 0 saturated carbocycles. The second-order valence-electron chi connectivity index (χ2n) is 6.42. The summed E-state index contributed by atoms with van der Waals surface area (Å²) in [6.07, 6.45) is 2.26. The third-order valence-electron chi connectivity index (χ3n) is 4.57. The van der Waals surface area contributed by atoms with Gasteiger partial charge in [0.15, 0.2) is 5.75 Å². The third-order valence-corrected chi connectivity index (χ3v) is 4.57. The highest BCUT2D eigenvalue weighted by Gasteiger charge is 2.13. The molecule has 2 aromatic carbocycles. The van der Waals surface area contributed by atoms with Gasteiger partial charge >= 0.3 is 0 Å². The SMILES string of the molecule is CC(O)c1cc(=O)c(O)cn1-c1cccc(-c2ccnc3ccccc23)c1. The number of pyridine rings is 2. The van der Waals surface area contributed by atoms with Gasteiger partial charge in [-0.3, -0.25) is 9.78 Å². The summed E-state index contributed by atoms with van der Waals surface area (Å²) in [4.78, 5) is 16.2. The monoisotopic (exact) mass is 358 g/mol. The van der Waals surface area contributed by atoms with Crippen molar-refractivity contribution in [1.82, 2.24) is 9.55 Å². The fraction of sp³-hybridized carbons (Fsp3) is 0.0909. The van der Waals surface area contributed by atoms with E-state index in [-0.39, 0.29) is 5.75 Å². The molecule has 5 nitrogen and oxygen atoms in total. The van der Waals surface area contributed by atoms with Crippen LogP contribution in [0.15, 0.2) is 77.9 Å². The minimum absolute atomic E-state index is 0.362. The molecule has 2 N–H and O–H groups in total. The van der Waals surface area contributed by atoms with E-state index in [9.17, 15) is 15.0 Å². The van der Waals surface area contributed by atoms with Gasteiger partial charge in [-0.15, -0.1) is 0 Å². The first-order valence-electron chi connectivity index (χ1n) is 8.63. The molecule has 1 unspecified atom stereocenters. The number of aromatic nitrogens is 2. The molecule has 0 aliphatic heterocycles. The summed E-state index contributed by atoms with van der Waals surface area (Å²) in [6, 6.07) is 18.9. The van der Waals surface area contributed by atoms with Gasteiger partial charge in [-0.2, -0.15) is 0 Å². The number of hydrogen-bond donors (Lipinski definition) is 2. The van der Waals surface area contributed by atoms with Crippen LogP contribution in [0.25, 0.3) is 27.7 Å². The molecule has 2 aromatic heterocycles. The van der Waals surface area contributed by atoms with Crippen molar-refractivity contribution < 1.29 is 10.2 Å². The van der Waals surface area contributed by atoms with Crippen LogP contribution in [-0.4, -0.2) is 19.8 Å². The van der Waals surface area contributed by atoms with Gasteiger partial charge in [0.1, 0.15) is 0 Å². The minimum Gasteiger partial charge on any atom is -0.503 e. The second-order valence-corrected chi connectivity index (χ2v) is 6.42. The van der Waals surface area contributed by atoms with Crippen molar-refractivity contribution >= 4 is 10.9 Å². The molecule has 0 bridgehead atoms. The lowest BCUT2D eigenvalue weighted by molar-refractivity contribution is 0.191. The summed E-state index contributed by atoms with van der Waals surface area (Å²) in [7, 11) is 0. The summed E-state index contributed by atoms with van der Waals surface area (Å²) < 4.78 is 1.63. The van der Waals surface area contributed by atoms with Crippen LogP contribution < -0.4 is 5.43 Å². The van der Waals surface area contributed by atoms with Crippen molar-refractivity contribution in [2.24, 2.45) is 0 Å². The Kier molecular flexibility index (Phi) is 4.22. The molecule has 5 heteroatoms. The number of rotatable bonds is 3. The fourth-order valence-electron chi connectivity index (χ4n) is 3.25. The lowest BCUT2D eigenvalue weighted by Gasteiger charge is -2.17. The third kappa shape index (κ3) is 3.09. The highest BCUT2D eigenvalue weighted by molar-refractivity contribution is 5.94. The number of aliphatic hydroxyl groups excluding tert-OH is 1. The van der Waals surface area contributed by atoms with Crippen molar-refractivity contribution in [3.05, 3.63) is 89.0 Å².